The lowest BCUT2D eigenvalue weighted by Gasteiger charge is -2.11. The Morgan fingerprint density at radius 2 is 1.96 bits per heavy atom. The average Bonchev–Trinajstić information content (AvgIpc) is 2.54. The lowest BCUT2D eigenvalue weighted by molar-refractivity contribution is -0.123. The van der Waals surface area contributed by atoms with Crippen molar-refractivity contribution in [2.75, 3.05) is 20.3 Å². The minimum Gasteiger partial charge on any atom is -0.496 e. The van der Waals surface area contributed by atoms with Gasteiger partial charge in [0.2, 0.25) is 0 Å². The van der Waals surface area contributed by atoms with Gasteiger partial charge >= 0.3 is 0 Å². The molecule has 0 aliphatic carbocycles. The second-order valence-corrected chi connectivity index (χ2v) is 5.11. The van der Waals surface area contributed by atoms with Gasteiger partial charge in [-0.25, -0.2) is 4.39 Å². The molecule has 0 atom stereocenters. The van der Waals surface area contributed by atoms with Crippen molar-refractivity contribution in [3.05, 3.63) is 59.4 Å². The van der Waals surface area contributed by atoms with Crippen LogP contribution in [0.25, 0.3) is 0 Å². The van der Waals surface area contributed by atoms with Crippen LogP contribution >= 0.6 is 0 Å². The Kier molecular flexibility index (Phi) is 5.97. The van der Waals surface area contributed by atoms with Gasteiger partial charge < -0.3 is 14.8 Å². The van der Waals surface area contributed by atoms with E-state index in [1.54, 1.807) is 6.07 Å². The van der Waals surface area contributed by atoms with Crippen LogP contribution in [0.2, 0.25) is 0 Å². The molecule has 0 unspecified atom stereocenters. The molecule has 0 fully saturated rings. The Labute approximate surface area is 135 Å². The Hall–Kier alpha value is -2.56. The number of benzene rings is 2. The van der Waals surface area contributed by atoms with E-state index in [1.165, 1.54) is 19.2 Å². The quantitative estimate of drug-likeness (QED) is 0.854. The highest BCUT2D eigenvalue weighted by atomic mass is 19.1. The van der Waals surface area contributed by atoms with Gasteiger partial charge in [0.15, 0.2) is 6.61 Å². The summed E-state index contributed by atoms with van der Waals surface area (Å²) in [5.74, 6) is 0.755. The molecule has 0 saturated heterocycles. The van der Waals surface area contributed by atoms with E-state index in [0.717, 1.165) is 5.56 Å². The monoisotopic (exact) mass is 317 g/mol. The maximum absolute atomic E-state index is 13.3. The number of hydrogen-bond donors (Lipinski definition) is 1. The number of halogens is 1. The van der Waals surface area contributed by atoms with E-state index >= 15 is 0 Å². The molecule has 0 saturated carbocycles. The van der Waals surface area contributed by atoms with E-state index in [9.17, 15) is 9.18 Å². The van der Waals surface area contributed by atoms with Crippen LogP contribution in [0.3, 0.4) is 0 Å². The predicted octanol–water partition coefficient (Wildman–Crippen LogP) is 2.88. The molecular formula is C18H20FNO3. The second kappa shape index (κ2) is 8.17. The number of aryl methyl sites for hydroxylation is 1. The van der Waals surface area contributed by atoms with E-state index in [2.05, 4.69) is 5.32 Å². The molecule has 1 N–H and O–H groups in total. The summed E-state index contributed by atoms with van der Waals surface area (Å²) in [5.41, 5.74) is 1.69. The van der Waals surface area contributed by atoms with E-state index in [1.807, 2.05) is 31.2 Å². The number of methoxy groups -OCH3 is 1. The minimum atomic E-state index is -0.324. The summed E-state index contributed by atoms with van der Waals surface area (Å²) >= 11 is 0. The van der Waals surface area contributed by atoms with E-state index in [0.29, 0.717) is 30.0 Å². The molecule has 122 valence electrons. The SMILES string of the molecule is COc1ccc(F)cc1CCNC(=O)COc1ccccc1C. The van der Waals surface area contributed by atoms with Gasteiger partial charge in [-0.1, -0.05) is 18.2 Å². The van der Waals surface area contributed by atoms with E-state index < -0.39 is 0 Å². The highest BCUT2D eigenvalue weighted by Gasteiger charge is 2.07. The van der Waals surface area contributed by atoms with Crippen LogP contribution in [0.15, 0.2) is 42.5 Å². The lowest BCUT2D eigenvalue weighted by atomic mass is 10.1. The van der Waals surface area contributed by atoms with E-state index in [-0.39, 0.29) is 18.3 Å². The topological polar surface area (TPSA) is 47.6 Å². The molecule has 5 heteroatoms. The maximum Gasteiger partial charge on any atom is 0.257 e. The fraction of sp³-hybridized carbons (Fsp3) is 0.278. The van der Waals surface area contributed by atoms with Gasteiger partial charge in [-0.2, -0.15) is 0 Å². The summed E-state index contributed by atoms with van der Waals surface area (Å²) in [4.78, 5) is 11.8. The minimum absolute atomic E-state index is 0.0505. The van der Waals surface area contributed by atoms with E-state index in [4.69, 9.17) is 9.47 Å². The van der Waals surface area contributed by atoms with Crippen molar-refractivity contribution in [2.24, 2.45) is 0 Å². The van der Waals surface area contributed by atoms with Gasteiger partial charge in [0, 0.05) is 6.54 Å². The third-order valence-electron chi connectivity index (χ3n) is 3.41. The van der Waals surface area contributed by atoms with Crippen LogP contribution in [0.5, 0.6) is 11.5 Å². The van der Waals surface area contributed by atoms with Gasteiger partial charge in [-0.3, -0.25) is 4.79 Å². The zero-order valence-electron chi connectivity index (χ0n) is 13.3. The van der Waals surface area contributed by atoms with Crippen molar-refractivity contribution in [3.63, 3.8) is 0 Å². The molecule has 2 rings (SSSR count). The standard InChI is InChI=1S/C18H20FNO3/c1-13-5-3-4-6-16(13)23-12-18(21)20-10-9-14-11-15(19)7-8-17(14)22-2/h3-8,11H,9-10,12H2,1-2H3,(H,20,21). The predicted molar refractivity (Wildman–Crippen MR) is 86.3 cm³/mol. The molecular weight excluding hydrogens is 297 g/mol. The Balaban J connectivity index is 1.79. The summed E-state index contributed by atoms with van der Waals surface area (Å²) < 4.78 is 23.9. The van der Waals surface area contributed by atoms with Crippen molar-refractivity contribution >= 4 is 5.91 Å². The van der Waals surface area contributed by atoms with Crippen molar-refractivity contribution < 1.29 is 18.7 Å². The normalized spacial score (nSPS) is 10.2. The van der Waals surface area contributed by atoms with Crippen LogP contribution < -0.4 is 14.8 Å². The molecule has 4 nitrogen and oxygen atoms in total. The molecule has 0 aromatic heterocycles. The zero-order valence-corrected chi connectivity index (χ0v) is 13.3. The maximum atomic E-state index is 13.3. The number of carbonyl (C=O) groups excluding carboxylic acids is 1. The Bertz CT molecular complexity index is 673. The first-order chi connectivity index (χ1) is 11.1. The molecule has 23 heavy (non-hydrogen) atoms. The van der Waals surface area contributed by atoms with Crippen LogP contribution in [-0.2, 0) is 11.2 Å². The first-order valence-corrected chi connectivity index (χ1v) is 7.37. The van der Waals surface area contributed by atoms with Gasteiger partial charge in [-0.05, 0) is 48.7 Å². The second-order valence-electron chi connectivity index (χ2n) is 5.11. The van der Waals surface area contributed by atoms with Crippen molar-refractivity contribution in [3.8, 4) is 11.5 Å². The van der Waals surface area contributed by atoms with Gasteiger partial charge in [-0.15, -0.1) is 0 Å². The van der Waals surface area contributed by atoms with Crippen LogP contribution in [0.4, 0.5) is 4.39 Å². The first-order valence-electron chi connectivity index (χ1n) is 7.37. The summed E-state index contributed by atoms with van der Waals surface area (Å²) in [7, 11) is 1.53. The molecule has 0 spiro atoms. The Morgan fingerprint density at radius 3 is 2.70 bits per heavy atom. The number of rotatable bonds is 7. The molecule has 2 aromatic carbocycles. The number of nitrogens with one attached hydrogen (secondary N) is 1. The molecule has 0 heterocycles. The molecule has 1 amide bonds. The van der Waals surface area contributed by atoms with Crippen molar-refractivity contribution in [1.82, 2.24) is 5.32 Å². The van der Waals surface area contributed by atoms with Crippen LogP contribution in [0, 0.1) is 12.7 Å². The van der Waals surface area contributed by atoms with Gasteiger partial charge in [0.25, 0.3) is 5.91 Å². The first kappa shape index (κ1) is 16.8. The summed E-state index contributed by atoms with van der Waals surface area (Å²) in [6.07, 6.45) is 0.483. The molecule has 0 aliphatic heterocycles. The molecule has 0 bridgehead atoms. The third kappa shape index (κ3) is 4.98. The fourth-order valence-electron chi connectivity index (χ4n) is 2.19. The van der Waals surface area contributed by atoms with Crippen LogP contribution in [-0.4, -0.2) is 26.2 Å². The molecule has 0 aliphatic rings. The fourth-order valence-corrected chi connectivity index (χ4v) is 2.19. The Morgan fingerprint density at radius 1 is 1.17 bits per heavy atom. The van der Waals surface area contributed by atoms with Crippen molar-refractivity contribution in [1.29, 1.82) is 0 Å². The lowest BCUT2D eigenvalue weighted by Crippen LogP contribution is -2.30. The number of hydrogen-bond acceptors (Lipinski definition) is 3. The highest BCUT2D eigenvalue weighted by molar-refractivity contribution is 5.77. The number of amides is 1. The van der Waals surface area contributed by atoms with Crippen LogP contribution in [0.1, 0.15) is 11.1 Å². The van der Waals surface area contributed by atoms with Gasteiger partial charge in [0.1, 0.15) is 17.3 Å². The largest absolute Gasteiger partial charge is 0.496 e. The zero-order chi connectivity index (χ0) is 16.7. The highest BCUT2D eigenvalue weighted by Crippen LogP contribution is 2.19. The smallest absolute Gasteiger partial charge is 0.257 e. The molecule has 2 aromatic rings. The summed E-state index contributed by atoms with van der Waals surface area (Å²) in [5, 5.41) is 2.75. The number of para-hydroxylation sites is 1. The van der Waals surface area contributed by atoms with Crippen molar-refractivity contribution in [2.45, 2.75) is 13.3 Å². The number of ether oxygens (including phenoxy) is 2. The average molecular weight is 317 g/mol. The molecule has 0 radical (unpaired) electrons. The summed E-state index contributed by atoms with van der Waals surface area (Å²) in [6.45, 7) is 2.25. The number of carbonyl (C=O) groups is 1. The third-order valence-corrected chi connectivity index (χ3v) is 3.41. The summed E-state index contributed by atoms with van der Waals surface area (Å²) in [6, 6.07) is 11.8. The van der Waals surface area contributed by atoms with Gasteiger partial charge in [0.05, 0.1) is 7.11 Å².